The van der Waals surface area contributed by atoms with Gasteiger partial charge in [-0.15, -0.1) is 0 Å². The van der Waals surface area contributed by atoms with E-state index in [0.29, 0.717) is 16.9 Å². The van der Waals surface area contributed by atoms with E-state index in [0.717, 1.165) is 6.29 Å². The van der Waals surface area contributed by atoms with Crippen molar-refractivity contribution in [1.82, 2.24) is 0 Å². The van der Waals surface area contributed by atoms with E-state index in [2.05, 4.69) is 10.6 Å². The lowest BCUT2D eigenvalue weighted by Gasteiger charge is -2.07. The highest BCUT2D eigenvalue weighted by Crippen LogP contribution is 2.11. The van der Waals surface area contributed by atoms with Gasteiger partial charge in [-0.3, -0.25) is 4.79 Å². The van der Waals surface area contributed by atoms with Crippen LogP contribution in [0.25, 0.3) is 0 Å². The lowest BCUT2D eigenvalue weighted by molar-refractivity contribution is 0.112. The van der Waals surface area contributed by atoms with Crippen LogP contribution in [0, 0.1) is 5.82 Å². The zero-order valence-corrected chi connectivity index (χ0v) is 9.89. The summed E-state index contributed by atoms with van der Waals surface area (Å²) in [7, 11) is 0. The SMILES string of the molecule is O=Cc1ccc(NC(=O)Nc2cccc(F)c2)cc1. The number of carbonyl (C=O) groups excluding carboxylic acids is 2. The van der Waals surface area contributed by atoms with Gasteiger partial charge in [-0.05, 0) is 42.5 Å². The van der Waals surface area contributed by atoms with Gasteiger partial charge in [-0.1, -0.05) is 6.07 Å². The molecule has 96 valence electrons. The van der Waals surface area contributed by atoms with Crippen LogP contribution in [0.2, 0.25) is 0 Å². The van der Waals surface area contributed by atoms with Crippen LogP contribution in [0.1, 0.15) is 10.4 Å². The van der Waals surface area contributed by atoms with Gasteiger partial charge in [0.25, 0.3) is 0 Å². The monoisotopic (exact) mass is 258 g/mol. The van der Waals surface area contributed by atoms with Crippen LogP contribution in [0.4, 0.5) is 20.6 Å². The van der Waals surface area contributed by atoms with Gasteiger partial charge >= 0.3 is 6.03 Å². The second kappa shape index (κ2) is 5.77. The van der Waals surface area contributed by atoms with Crippen molar-refractivity contribution in [2.75, 3.05) is 10.6 Å². The van der Waals surface area contributed by atoms with Gasteiger partial charge in [0.05, 0.1) is 0 Å². The molecule has 0 heterocycles. The first-order valence-corrected chi connectivity index (χ1v) is 5.56. The highest BCUT2D eigenvalue weighted by Gasteiger charge is 2.03. The highest BCUT2D eigenvalue weighted by atomic mass is 19.1. The van der Waals surface area contributed by atoms with Gasteiger partial charge in [0.1, 0.15) is 12.1 Å². The largest absolute Gasteiger partial charge is 0.323 e. The molecular formula is C14H11FN2O2. The van der Waals surface area contributed by atoms with Gasteiger partial charge in [-0.2, -0.15) is 0 Å². The molecule has 0 aliphatic heterocycles. The van der Waals surface area contributed by atoms with Crippen molar-refractivity contribution in [3.05, 3.63) is 59.9 Å². The Bertz CT molecular complexity index is 597. The number of benzene rings is 2. The fourth-order valence-electron chi connectivity index (χ4n) is 1.50. The van der Waals surface area contributed by atoms with Crippen molar-refractivity contribution in [3.8, 4) is 0 Å². The van der Waals surface area contributed by atoms with Gasteiger partial charge in [0.15, 0.2) is 0 Å². The first kappa shape index (κ1) is 12.8. The van der Waals surface area contributed by atoms with Crippen LogP contribution in [-0.4, -0.2) is 12.3 Å². The van der Waals surface area contributed by atoms with E-state index in [1.807, 2.05) is 0 Å². The predicted molar refractivity (Wildman–Crippen MR) is 70.9 cm³/mol. The van der Waals surface area contributed by atoms with Crippen LogP contribution >= 0.6 is 0 Å². The van der Waals surface area contributed by atoms with Crippen molar-refractivity contribution in [2.45, 2.75) is 0 Å². The number of urea groups is 1. The third kappa shape index (κ3) is 3.64. The number of carbonyl (C=O) groups is 2. The van der Waals surface area contributed by atoms with E-state index in [-0.39, 0.29) is 0 Å². The topological polar surface area (TPSA) is 58.2 Å². The van der Waals surface area contributed by atoms with E-state index in [1.54, 1.807) is 30.3 Å². The van der Waals surface area contributed by atoms with Crippen molar-refractivity contribution >= 4 is 23.7 Å². The van der Waals surface area contributed by atoms with Crippen LogP contribution in [0.5, 0.6) is 0 Å². The summed E-state index contributed by atoms with van der Waals surface area (Å²) in [6, 6.07) is 11.5. The van der Waals surface area contributed by atoms with Crippen molar-refractivity contribution in [2.24, 2.45) is 0 Å². The molecule has 0 saturated heterocycles. The Hall–Kier alpha value is -2.69. The minimum atomic E-state index is -0.482. The number of rotatable bonds is 3. The van der Waals surface area contributed by atoms with Crippen molar-refractivity contribution in [1.29, 1.82) is 0 Å². The highest BCUT2D eigenvalue weighted by molar-refractivity contribution is 5.99. The van der Waals surface area contributed by atoms with E-state index >= 15 is 0 Å². The Morgan fingerprint density at radius 2 is 1.68 bits per heavy atom. The zero-order valence-electron chi connectivity index (χ0n) is 9.89. The van der Waals surface area contributed by atoms with E-state index in [4.69, 9.17) is 0 Å². The molecule has 5 heteroatoms. The lowest BCUT2D eigenvalue weighted by atomic mass is 10.2. The standard InChI is InChI=1S/C14H11FN2O2/c15-11-2-1-3-13(8-11)17-14(19)16-12-6-4-10(9-18)5-7-12/h1-9H,(H2,16,17,19). The molecule has 19 heavy (non-hydrogen) atoms. The molecule has 0 aromatic heterocycles. The Morgan fingerprint density at radius 3 is 2.32 bits per heavy atom. The first-order valence-electron chi connectivity index (χ1n) is 5.56. The number of amides is 2. The van der Waals surface area contributed by atoms with Gasteiger partial charge in [0.2, 0.25) is 0 Å². The molecular weight excluding hydrogens is 247 g/mol. The Kier molecular flexibility index (Phi) is 3.87. The molecule has 2 aromatic carbocycles. The summed E-state index contributed by atoms with van der Waals surface area (Å²) in [5, 5.41) is 5.07. The molecule has 0 aliphatic rings. The van der Waals surface area contributed by atoms with Gasteiger partial charge < -0.3 is 10.6 Å². The third-order valence-corrected chi connectivity index (χ3v) is 2.39. The second-order valence-corrected chi connectivity index (χ2v) is 3.83. The Balaban J connectivity index is 1.98. The predicted octanol–water partition coefficient (Wildman–Crippen LogP) is 3.28. The number of anilines is 2. The molecule has 0 spiro atoms. The maximum atomic E-state index is 12.9. The first-order chi connectivity index (χ1) is 9.17. The van der Waals surface area contributed by atoms with E-state index in [1.165, 1.54) is 18.2 Å². The average molecular weight is 258 g/mol. The molecule has 0 radical (unpaired) electrons. The summed E-state index contributed by atoms with van der Waals surface area (Å²) in [6.07, 6.45) is 0.719. The molecule has 0 aliphatic carbocycles. The van der Waals surface area contributed by atoms with E-state index in [9.17, 15) is 14.0 Å². The summed E-state index contributed by atoms with van der Waals surface area (Å²) in [5.41, 5.74) is 1.43. The quantitative estimate of drug-likeness (QED) is 0.830. The Labute approximate surface area is 109 Å². The molecule has 0 bridgehead atoms. The molecule has 2 rings (SSSR count). The summed E-state index contributed by atoms with van der Waals surface area (Å²) >= 11 is 0. The molecule has 0 unspecified atom stereocenters. The summed E-state index contributed by atoms with van der Waals surface area (Å²) in [4.78, 5) is 22.1. The minimum absolute atomic E-state index is 0.363. The second-order valence-electron chi connectivity index (χ2n) is 3.83. The van der Waals surface area contributed by atoms with Crippen molar-refractivity contribution in [3.63, 3.8) is 0 Å². The summed E-state index contributed by atoms with van der Waals surface area (Å²) < 4.78 is 12.9. The van der Waals surface area contributed by atoms with Crippen LogP contribution < -0.4 is 10.6 Å². The zero-order chi connectivity index (χ0) is 13.7. The maximum Gasteiger partial charge on any atom is 0.323 e. The third-order valence-electron chi connectivity index (χ3n) is 2.39. The molecule has 0 saturated carbocycles. The molecule has 2 aromatic rings. The smallest absolute Gasteiger partial charge is 0.308 e. The number of hydrogen-bond acceptors (Lipinski definition) is 2. The van der Waals surface area contributed by atoms with Crippen molar-refractivity contribution < 1.29 is 14.0 Å². The molecule has 2 amide bonds. The average Bonchev–Trinajstić information content (AvgIpc) is 2.39. The van der Waals surface area contributed by atoms with Gasteiger partial charge in [-0.25, -0.2) is 9.18 Å². The normalized spacial score (nSPS) is 9.74. The number of halogens is 1. The summed E-state index contributed by atoms with van der Waals surface area (Å²) in [6.45, 7) is 0. The maximum absolute atomic E-state index is 12.9. The molecule has 4 nitrogen and oxygen atoms in total. The lowest BCUT2D eigenvalue weighted by Crippen LogP contribution is -2.19. The summed E-state index contributed by atoms with van der Waals surface area (Å²) in [5.74, 6) is -0.423. The number of hydrogen-bond donors (Lipinski definition) is 2. The number of nitrogens with one attached hydrogen (secondary N) is 2. The molecule has 0 fully saturated rings. The number of aldehydes is 1. The van der Waals surface area contributed by atoms with Crippen LogP contribution in [-0.2, 0) is 0 Å². The van der Waals surface area contributed by atoms with E-state index < -0.39 is 11.8 Å². The van der Waals surface area contributed by atoms with Crippen LogP contribution in [0.3, 0.4) is 0 Å². The minimum Gasteiger partial charge on any atom is -0.308 e. The van der Waals surface area contributed by atoms with Gasteiger partial charge in [0, 0.05) is 16.9 Å². The Morgan fingerprint density at radius 1 is 1.00 bits per heavy atom. The fraction of sp³-hybridized carbons (Fsp3) is 0. The molecule has 0 atom stereocenters. The van der Waals surface area contributed by atoms with Crippen LogP contribution in [0.15, 0.2) is 48.5 Å². The fourth-order valence-corrected chi connectivity index (χ4v) is 1.50. The molecule has 2 N–H and O–H groups in total.